The lowest BCUT2D eigenvalue weighted by molar-refractivity contribution is 0.255. The van der Waals surface area contributed by atoms with Crippen molar-refractivity contribution >= 4 is 5.69 Å². The Labute approximate surface area is 147 Å². The first-order valence-electron chi connectivity index (χ1n) is 8.71. The summed E-state index contributed by atoms with van der Waals surface area (Å²) in [5.41, 5.74) is 2.08. The summed E-state index contributed by atoms with van der Waals surface area (Å²) in [6.45, 7) is 5.01. The molecule has 0 unspecified atom stereocenters. The summed E-state index contributed by atoms with van der Waals surface area (Å²) < 4.78 is 31.3. The lowest BCUT2D eigenvalue weighted by Crippen LogP contribution is -2.46. The largest absolute Gasteiger partial charge is 0.497 e. The first-order valence-corrected chi connectivity index (χ1v) is 8.71. The van der Waals surface area contributed by atoms with Crippen LogP contribution in [-0.2, 0) is 6.42 Å². The Morgan fingerprint density at radius 1 is 0.920 bits per heavy atom. The van der Waals surface area contributed by atoms with E-state index in [2.05, 4.69) is 21.9 Å². The SMILES string of the molecule is COc1ccc(N2CCN(CCCc3ccc(F)c(F)c3)CC2)cc1. The van der Waals surface area contributed by atoms with Gasteiger partial charge in [-0.1, -0.05) is 6.07 Å². The van der Waals surface area contributed by atoms with Crippen LogP contribution in [0.1, 0.15) is 12.0 Å². The summed E-state index contributed by atoms with van der Waals surface area (Å²) in [6, 6.07) is 12.3. The number of ether oxygens (including phenoxy) is 1. The third-order valence-corrected chi connectivity index (χ3v) is 4.73. The van der Waals surface area contributed by atoms with Gasteiger partial charge in [-0.2, -0.15) is 0 Å². The Hall–Kier alpha value is -2.14. The zero-order valence-corrected chi connectivity index (χ0v) is 14.5. The second-order valence-electron chi connectivity index (χ2n) is 6.38. The molecule has 25 heavy (non-hydrogen) atoms. The molecule has 1 fully saturated rings. The van der Waals surface area contributed by atoms with Crippen molar-refractivity contribution in [2.24, 2.45) is 0 Å². The van der Waals surface area contributed by atoms with Crippen molar-refractivity contribution in [1.29, 1.82) is 0 Å². The van der Waals surface area contributed by atoms with E-state index in [0.717, 1.165) is 56.9 Å². The van der Waals surface area contributed by atoms with Crippen LogP contribution in [0.4, 0.5) is 14.5 Å². The molecule has 0 aromatic heterocycles. The van der Waals surface area contributed by atoms with Crippen LogP contribution >= 0.6 is 0 Å². The molecule has 5 heteroatoms. The maximum Gasteiger partial charge on any atom is 0.159 e. The maximum atomic E-state index is 13.2. The average molecular weight is 346 g/mol. The molecular formula is C20H24F2N2O. The van der Waals surface area contributed by atoms with Crippen LogP contribution in [0.15, 0.2) is 42.5 Å². The smallest absolute Gasteiger partial charge is 0.159 e. The van der Waals surface area contributed by atoms with Crippen LogP contribution < -0.4 is 9.64 Å². The van der Waals surface area contributed by atoms with Gasteiger partial charge in [-0.05, 0) is 61.3 Å². The highest BCUT2D eigenvalue weighted by molar-refractivity contribution is 5.49. The van der Waals surface area contributed by atoms with Crippen LogP contribution in [0, 0.1) is 11.6 Å². The Morgan fingerprint density at radius 3 is 2.28 bits per heavy atom. The molecule has 0 N–H and O–H groups in total. The lowest BCUT2D eigenvalue weighted by Gasteiger charge is -2.36. The summed E-state index contributed by atoms with van der Waals surface area (Å²) in [5, 5.41) is 0. The van der Waals surface area contributed by atoms with Gasteiger partial charge in [0, 0.05) is 31.9 Å². The monoisotopic (exact) mass is 346 g/mol. The number of aryl methyl sites for hydroxylation is 1. The van der Waals surface area contributed by atoms with E-state index in [1.807, 2.05) is 12.1 Å². The Balaban J connectivity index is 1.42. The van der Waals surface area contributed by atoms with Crippen LogP contribution in [0.5, 0.6) is 5.75 Å². The zero-order chi connectivity index (χ0) is 17.6. The van der Waals surface area contributed by atoms with E-state index in [9.17, 15) is 8.78 Å². The van der Waals surface area contributed by atoms with E-state index < -0.39 is 11.6 Å². The van der Waals surface area contributed by atoms with E-state index in [1.54, 1.807) is 13.2 Å². The summed E-state index contributed by atoms with van der Waals surface area (Å²) >= 11 is 0. The summed E-state index contributed by atoms with van der Waals surface area (Å²) in [5.74, 6) is -0.663. The fourth-order valence-electron chi connectivity index (χ4n) is 3.22. The second kappa shape index (κ2) is 8.30. The van der Waals surface area contributed by atoms with Gasteiger partial charge in [-0.25, -0.2) is 8.78 Å². The third kappa shape index (κ3) is 4.69. The molecule has 2 aromatic rings. The molecule has 3 rings (SSSR count). The minimum atomic E-state index is -0.779. The van der Waals surface area contributed by atoms with E-state index in [1.165, 1.54) is 17.8 Å². The van der Waals surface area contributed by atoms with Crippen molar-refractivity contribution in [3.05, 3.63) is 59.7 Å². The number of hydrogen-bond acceptors (Lipinski definition) is 3. The van der Waals surface area contributed by atoms with E-state index in [0.29, 0.717) is 0 Å². The molecule has 0 spiro atoms. The molecule has 0 aliphatic carbocycles. The molecular weight excluding hydrogens is 322 g/mol. The number of benzene rings is 2. The van der Waals surface area contributed by atoms with Crippen molar-refractivity contribution in [3.8, 4) is 5.75 Å². The second-order valence-corrected chi connectivity index (χ2v) is 6.38. The first-order chi connectivity index (χ1) is 12.2. The standard InChI is InChI=1S/C20H24F2N2O/c1-25-18-7-5-17(6-8-18)24-13-11-23(12-14-24)10-2-3-16-4-9-19(21)20(22)15-16/h4-9,15H,2-3,10-14H2,1H3. The topological polar surface area (TPSA) is 15.7 Å². The molecule has 0 bridgehead atoms. The van der Waals surface area contributed by atoms with Crippen LogP contribution in [-0.4, -0.2) is 44.7 Å². The third-order valence-electron chi connectivity index (χ3n) is 4.73. The first kappa shape index (κ1) is 17.7. The Morgan fingerprint density at radius 2 is 1.64 bits per heavy atom. The highest BCUT2D eigenvalue weighted by Crippen LogP contribution is 2.20. The molecule has 134 valence electrons. The van der Waals surface area contributed by atoms with Crippen molar-refractivity contribution in [1.82, 2.24) is 4.90 Å². The highest BCUT2D eigenvalue weighted by Gasteiger charge is 2.16. The normalized spacial score (nSPS) is 15.4. The van der Waals surface area contributed by atoms with Gasteiger partial charge in [0.1, 0.15) is 5.75 Å². The van der Waals surface area contributed by atoms with Gasteiger partial charge in [0.05, 0.1) is 7.11 Å². The number of methoxy groups -OCH3 is 1. The number of anilines is 1. The van der Waals surface area contributed by atoms with E-state index >= 15 is 0 Å². The molecule has 0 saturated carbocycles. The number of hydrogen-bond donors (Lipinski definition) is 0. The van der Waals surface area contributed by atoms with Gasteiger partial charge in [-0.3, -0.25) is 4.90 Å². The number of halogens is 2. The minimum absolute atomic E-state index is 0.759. The van der Waals surface area contributed by atoms with Gasteiger partial charge in [0.15, 0.2) is 11.6 Å². The van der Waals surface area contributed by atoms with Gasteiger partial charge in [-0.15, -0.1) is 0 Å². The van der Waals surface area contributed by atoms with E-state index in [-0.39, 0.29) is 0 Å². The van der Waals surface area contributed by atoms with E-state index in [4.69, 9.17) is 4.74 Å². The molecule has 3 nitrogen and oxygen atoms in total. The van der Waals surface area contributed by atoms with Crippen LogP contribution in [0.3, 0.4) is 0 Å². The number of piperazine rings is 1. The average Bonchev–Trinajstić information content (AvgIpc) is 2.65. The molecule has 1 aliphatic heterocycles. The zero-order valence-electron chi connectivity index (χ0n) is 14.5. The predicted molar refractivity (Wildman–Crippen MR) is 96.3 cm³/mol. The molecule has 0 amide bonds. The molecule has 1 aliphatic rings. The fraction of sp³-hybridized carbons (Fsp3) is 0.400. The van der Waals surface area contributed by atoms with Crippen molar-refractivity contribution in [2.45, 2.75) is 12.8 Å². The predicted octanol–water partition coefficient (Wildman–Crippen LogP) is 3.73. The number of nitrogens with zero attached hydrogens (tertiary/aromatic N) is 2. The molecule has 0 radical (unpaired) electrons. The summed E-state index contributed by atoms with van der Waals surface area (Å²) in [4.78, 5) is 4.81. The van der Waals surface area contributed by atoms with Crippen molar-refractivity contribution in [3.63, 3.8) is 0 Å². The van der Waals surface area contributed by atoms with Gasteiger partial charge in [0.25, 0.3) is 0 Å². The maximum absolute atomic E-state index is 13.2. The van der Waals surface area contributed by atoms with Crippen molar-refractivity contribution < 1.29 is 13.5 Å². The highest BCUT2D eigenvalue weighted by atomic mass is 19.2. The summed E-state index contributed by atoms with van der Waals surface area (Å²) in [6.07, 6.45) is 1.73. The van der Waals surface area contributed by atoms with Crippen molar-refractivity contribution in [2.75, 3.05) is 44.7 Å². The fourth-order valence-corrected chi connectivity index (χ4v) is 3.22. The Bertz CT molecular complexity index is 683. The number of rotatable bonds is 6. The van der Waals surface area contributed by atoms with Gasteiger partial charge < -0.3 is 9.64 Å². The van der Waals surface area contributed by atoms with Gasteiger partial charge in [0.2, 0.25) is 0 Å². The lowest BCUT2D eigenvalue weighted by atomic mass is 10.1. The van der Waals surface area contributed by atoms with Crippen LogP contribution in [0.2, 0.25) is 0 Å². The van der Waals surface area contributed by atoms with Gasteiger partial charge >= 0.3 is 0 Å². The Kier molecular flexibility index (Phi) is 5.87. The molecule has 1 saturated heterocycles. The molecule has 2 aromatic carbocycles. The van der Waals surface area contributed by atoms with Crippen LogP contribution in [0.25, 0.3) is 0 Å². The molecule has 0 atom stereocenters. The molecule has 1 heterocycles. The quantitative estimate of drug-likeness (QED) is 0.793. The summed E-state index contributed by atoms with van der Waals surface area (Å²) in [7, 11) is 1.67. The minimum Gasteiger partial charge on any atom is -0.497 e.